The summed E-state index contributed by atoms with van der Waals surface area (Å²) in [6, 6.07) is 6.64. The second-order valence-electron chi connectivity index (χ2n) is 4.83. The Morgan fingerprint density at radius 1 is 1.40 bits per heavy atom. The lowest BCUT2D eigenvalue weighted by Crippen LogP contribution is -2.33. The Balaban J connectivity index is 2.27. The topological polar surface area (TPSA) is 90.3 Å². The van der Waals surface area contributed by atoms with Crippen molar-refractivity contribution in [2.75, 3.05) is 18.2 Å². The van der Waals surface area contributed by atoms with E-state index < -0.39 is 17.4 Å². The fourth-order valence-corrected chi connectivity index (χ4v) is 2.75. The molecule has 132 valence electrons. The largest absolute Gasteiger partial charge is 0.462 e. The van der Waals surface area contributed by atoms with E-state index in [2.05, 4.69) is 10.3 Å². The van der Waals surface area contributed by atoms with E-state index >= 15 is 0 Å². The van der Waals surface area contributed by atoms with Gasteiger partial charge in [0.1, 0.15) is 12.1 Å². The first kappa shape index (κ1) is 19.0. The van der Waals surface area contributed by atoms with E-state index in [0.29, 0.717) is 15.9 Å². The van der Waals surface area contributed by atoms with E-state index in [1.165, 1.54) is 11.8 Å². The molecule has 0 bridgehead atoms. The summed E-state index contributed by atoms with van der Waals surface area (Å²) in [4.78, 5) is 40.7. The summed E-state index contributed by atoms with van der Waals surface area (Å²) >= 11 is 7.07. The lowest BCUT2D eigenvalue weighted by Gasteiger charge is -2.12. The van der Waals surface area contributed by atoms with Gasteiger partial charge in [0.15, 0.2) is 5.16 Å². The first-order valence-corrected chi connectivity index (χ1v) is 8.93. The van der Waals surface area contributed by atoms with Crippen LogP contribution in [0, 0.1) is 0 Å². The second-order valence-corrected chi connectivity index (χ2v) is 6.04. The molecule has 0 aliphatic carbocycles. The molecule has 0 saturated carbocycles. The number of nitrogens with one attached hydrogen (secondary N) is 1. The molecule has 0 unspecified atom stereocenters. The summed E-state index contributed by atoms with van der Waals surface area (Å²) in [5, 5.41) is 3.44. The number of hydrogen-bond donors (Lipinski definition) is 1. The number of carbonyl (C=O) groups is 2. The Hall–Kier alpha value is -2.32. The maximum absolute atomic E-state index is 12.5. The molecule has 1 N–H and O–H groups in total. The lowest BCUT2D eigenvalue weighted by molar-refractivity contribution is -0.116. The average molecular weight is 382 g/mol. The third kappa shape index (κ3) is 4.83. The molecule has 0 saturated heterocycles. The highest BCUT2D eigenvalue weighted by Crippen LogP contribution is 2.15. The standard InChI is InChI=1S/C16H16ClN3O4S/c1-3-24-15(23)12-8-18-16(25-2)20(14(12)22)9-13(21)19-11-6-4-5-10(17)7-11/h4-8H,3,9H2,1-2H3,(H,19,21). The van der Waals surface area contributed by atoms with Crippen LogP contribution in [0.1, 0.15) is 17.3 Å². The van der Waals surface area contributed by atoms with Crippen LogP contribution >= 0.6 is 23.4 Å². The highest BCUT2D eigenvalue weighted by atomic mass is 35.5. The fourth-order valence-electron chi connectivity index (χ4n) is 2.04. The van der Waals surface area contributed by atoms with Crippen molar-refractivity contribution >= 4 is 40.9 Å². The molecular formula is C16H16ClN3O4S. The van der Waals surface area contributed by atoms with Gasteiger partial charge in [0.05, 0.1) is 12.8 Å². The first-order chi connectivity index (χ1) is 12.0. The van der Waals surface area contributed by atoms with Gasteiger partial charge in [-0.3, -0.25) is 14.2 Å². The molecule has 9 heteroatoms. The predicted octanol–water partition coefficient (Wildman–Crippen LogP) is 2.43. The number of halogens is 1. The molecule has 1 amide bonds. The van der Waals surface area contributed by atoms with Crippen molar-refractivity contribution in [1.29, 1.82) is 0 Å². The molecule has 0 atom stereocenters. The van der Waals surface area contributed by atoms with Gasteiger partial charge in [-0.1, -0.05) is 29.4 Å². The van der Waals surface area contributed by atoms with Crippen molar-refractivity contribution in [1.82, 2.24) is 9.55 Å². The number of carbonyl (C=O) groups excluding carboxylic acids is 2. The van der Waals surface area contributed by atoms with E-state index in [4.69, 9.17) is 16.3 Å². The fraction of sp³-hybridized carbons (Fsp3) is 0.250. The Morgan fingerprint density at radius 2 is 2.16 bits per heavy atom. The molecule has 0 spiro atoms. The highest BCUT2D eigenvalue weighted by Gasteiger charge is 2.18. The van der Waals surface area contributed by atoms with Gasteiger partial charge < -0.3 is 10.1 Å². The van der Waals surface area contributed by atoms with Crippen LogP contribution in [-0.4, -0.2) is 34.3 Å². The zero-order chi connectivity index (χ0) is 18.4. The number of hydrogen-bond acceptors (Lipinski definition) is 6. The van der Waals surface area contributed by atoms with E-state index in [1.54, 1.807) is 37.4 Å². The molecule has 7 nitrogen and oxygen atoms in total. The molecule has 0 aliphatic heterocycles. The predicted molar refractivity (Wildman–Crippen MR) is 96.3 cm³/mol. The van der Waals surface area contributed by atoms with E-state index in [1.807, 2.05) is 0 Å². The zero-order valence-corrected chi connectivity index (χ0v) is 15.2. The Morgan fingerprint density at radius 3 is 2.80 bits per heavy atom. The second kappa shape index (κ2) is 8.68. The zero-order valence-electron chi connectivity index (χ0n) is 13.6. The Labute approximate surface area is 153 Å². The molecule has 1 heterocycles. The Kier molecular flexibility index (Phi) is 6.60. The van der Waals surface area contributed by atoms with Gasteiger partial charge in [0.25, 0.3) is 5.56 Å². The summed E-state index contributed by atoms with van der Waals surface area (Å²) in [5.41, 5.74) is -0.333. The van der Waals surface area contributed by atoms with Crippen LogP contribution in [0.3, 0.4) is 0 Å². The number of aromatic nitrogens is 2. The van der Waals surface area contributed by atoms with Gasteiger partial charge in [-0.05, 0) is 31.4 Å². The number of thioether (sulfide) groups is 1. The Bertz CT molecular complexity index is 854. The SMILES string of the molecule is CCOC(=O)c1cnc(SC)n(CC(=O)Nc2cccc(Cl)c2)c1=O. The summed E-state index contributed by atoms with van der Waals surface area (Å²) in [5.74, 6) is -1.21. The minimum atomic E-state index is -0.767. The molecule has 2 aromatic rings. The molecule has 0 radical (unpaired) electrons. The number of rotatable bonds is 6. The average Bonchev–Trinajstić information content (AvgIpc) is 2.56. The summed E-state index contributed by atoms with van der Waals surface area (Å²) in [6.07, 6.45) is 2.88. The van der Waals surface area contributed by atoms with Crippen LogP contribution in [0.25, 0.3) is 0 Å². The summed E-state index contributed by atoms with van der Waals surface area (Å²) in [7, 11) is 0. The van der Waals surface area contributed by atoms with E-state index in [9.17, 15) is 14.4 Å². The first-order valence-electron chi connectivity index (χ1n) is 7.32. The molecule has 1 aromatic heterocycles. The summed E-state index contributed by atoms with van der Waals surface area (Å²) in [6.45, 7) is 1.48. The minimum absolute atomic E-state index is 0.137. The molecule has 0 fully saturated rings. The quantitative estimate of drug-likeness (QED) is 0.469. The van der Waals surface area contributed by atoms with Crippen LogP contribution in [0.2, 0.25) is 5.02 Å². The highest BCUT2D eigenvalue weighted by molar-refractivity contribution is 7.98. The number of benzene rings is 1. The third-order valence-electron chi connectivity index (χ3n) is 3.10. The molecule has 2 rings (SSSR count). The number of nitrogens with zero attached hydrogens (tertiary/aromatic N) is 2. The van der Waals surface area contributed by atoms with Crippen LogP contribution in [0.5, 0.6) is 0 Å². The summed E-state index contributed by atoms with van der Waals surface area (Å²) < 4.78 is 5.97. The van der Waals surface area contributed by atoms with Crippen LogP contribution in [-0.2, 0) is 16.1 Å². The maximum Gasteiger partial charge on any atom is 0.345 e. The monoisotopic (exact) mass is 381 g/mol. The van der Waals surface area contributed by atoms with Crippen molar-refractivity contribution in [3.63, 3.8) is 0 Å². The van der Waals surface area contributed by atoms with Gasteiger partial charge in [0.2, 0.25) is 5.91 Å². The molecular weight excluding hydrogens is 366 g/mol. The third-order valence-corrected chi connectivity index (χ3v) is 4.02. The molecule has 0 aliphatic rings. The van der Waals surface area contributed by atoms with Crippen molar-refractivity contribution in [2.45, 2.75) is 18.6 Å². The van der Waals surface area contributed by atoms with Gasteiger partial charge in [-0.25, -0.2) is 9.78 Å². The van der Waals surface area contributed by atoms with E-state index in [-0.39, 0.29) is 18.7 Å². The lowest BCUT2D eigenvalue weighted by atomic mass is 10.3. The van der Waals surface area contributed by atoms with Crippen molar-refractivity contribution in [3.05, 3.63) is 51.4 Å². The van der Waals surface area contributed by atoms with Crippen LogP contribution in [0.15, 0.2) is 40.4 Å². The molecule has 25 heavy (non-hydrogen) atoms. The van der Waals surface area contributed by atoms with Gasteiger partial charge in [-0.2, -0.15) is 0 Å². The van der Waals surface area contributed by atoms with Crippen LogP contribution < -0.4 is 10.9 Å². The normalized spacial score (nSPS) is 10.4. The molecule has 1 aromatic carbocycles. The number of ether oxygens (including phenoxy) is 1. The number of amides is 1. The van der Waals surface area contributed by atoms with Gasteiger partial charge >= 0.3 is 5.97 Å². The van der Waals surface area contributed by atoms with Gasteiger partial charge in [0, 0.05) is 10.7 Å². The van der Waals surface area contributed by atoms with E-state index in [0.717, 1.165) is 10.8 Å². The van der Waals surface area contributed by atoms with Crippen molar-refractivity contribution < 1.29 is 14.3 Å². The van der Waals surface area contributed by atoms with Crippen molar-refractivity contribution in [2.24, 2.45) is 0 Å². The smallest absolute Gasteiger partial charge is 0.345 e. The van der Waals surface area contributed by atoms with Crippen LogP contribution in [0.4, 0.5) is 5.69 Å². The minimum Gasteiger partial charge on any atom is -0.462 e. The number of anilines is 1. The van der Waals surface area contributed by atoms with Gasteiger partial charge in [-0.15, -0.1) is 0 Å². The maximum atomic E-state index is 12.5. The van der Waals surface area contributed by atoms with Crippen molar-refractivity contribution in [3.8, 4) is 0 Å². The number of esters is 1.